The van der Waals surface area contributed by atoms with Crippen LogP contribution in [0.15, 0.2) is 76.8 Å². The van der Waals surface area contributed by atoms with Gasteiger partial charge in [-0.15, -0.1) is 0 Å². The number of carbonyl (C=O) groups is 2. The molecule has 0 atom stereocenters. The van der Waals surface area contributed by atoms with E-state index in [4.69, 9.17) is 4.42 Å². The maximum Gasteiger partial charge on any atom is 0.329 e. The predicted molar refractivity (Wildman–Crippen MR) is 102 cm³/mol. The molecule has 1 aliphatic rings. The van der Waals surface area contributed by atoms with Crippen molar-refractivity contribution in [2.45, 2.75) is 13.5 Å². The summed E-state index contributed by atoms with van der Waals surface area (Å²) in [5.41, 5.74) is 3.18. The van der Waals surface area contributed by atoms with Crippen LogP contribution in [-0.4, -0.2) is 16.8 Å². The fourth-order valence-corrected chi connectivity index (χ4v) is 2.92. The lowest BCUT2D eigenvalue weighted by Gasteiger charge is -2.11. The van der Waals surface area contributed by atoms with Crippen molar-refractivity contribution in [3.05, 3.63) is 89.3 Å². The quantitative estimate of drug-likeness (QED) is 0.557. The fourth-order valence-electron chi connectivity index (χ4n) is 2.92. The van der Waals surface area contributed by atoms with Crippen LogP contribution in [0.5, 0.6) is 0 Å². The van der Waals surface area contributed by atoms with Gasteiger partial charge in [0.05, 0.1) is 6.54 Å². The predicted octanol–water partition coefficient (Wildman–Crippen LogP) is 4.35. The molecule has 3 amide bonds. The van der Waals surface area contributed by atoms with E-state index < -0.39 is 6.03 Å². The van der Waals surface area contributed by atoms with Gasteiger partial charge in [-0.3, -0.25) is 9.69 Å². The summed E-state index contributed by atoms with van der Waals surface area (Å²) < 4.78 is 5.78. The molecule has 0 bridgehead atoms. The van der Waals surface area contributed by atoms with Crippen LogP contribution in [0.25, 0.3) is 17.4 Å². The average molecular weight is 358 g/mol. The van der Waals surface area contributed by atoms with Crippen LogP contribution in [-0.2, 0) is 11.3 Å². The van der Waals surface area contributed by atoms with Gasteiger partial charge >= 0.3 is 6.03 Å². The van der Waals surface area contributed by atoms with Gasteiger partial charge in [-0.25, -0.2) is 4.79 Å². The number of benzene rings is 2. The number of rotatable bonds is 4. The molecule has 3 aromatic rings. The van der Waals surface area contributed by atoms with Crippen molar-refractivity contribution in [1.82, 2.24) is 10.2 Å². The molecule has 0 saturated carbocycles. The molecule has 1 saturated heterocycles. The molecule has 0 aliphatic carbocycles. The molecule has 0 radical (unpaired) electrons. The Hall–Kier alpha value is -3.60. The van der Waals surface area contributed by atoms with Crippen molar-refractivity contribution in [1.29, 1.82) is 0 Å². The van der Waals surface area contributed by atoms with E-state index in [0.29, 0.717) is 11.5 Å². The van der Waals surface area contributed by atoms with Crippen LogP contribution in [0.4, 0.5) is 4.79 Å². The van der Waals surface area contributed by atoms with Gasteiger partial charge < -0.3 is 9.73 Å². The molecule has 0 spiro atoms. The zero-order valence-electron chi connectivity index (χ0n) is 14.8. The third kappa shape index (κ3) is 3.53. The number of urea groups is 1. The largest absolute Gasteiger partial charge is 0.457 e. The Morgan fingerprint density at radius 3 is 2.44 bits per heavy atom. The van der Waals surface area contributed by atoms with Crippen LogP contribution in [0.2, 0.25) is 0 Å². The molecular weight excluding hydrogens is 340 g/mol. The van der Waals surface area contributed by atoms with Crippen molar-refractivity contribution in [3.8, 4) is 11.3 Å². The van der Waals surface area contributed by atoms with E-state index in [1.807, 2.05) is 67.6 Å². The summed E-state index contributed by atoms with van der Waals surface area (Å²) >= 11 is 0. The van der Waals surface area contributed by atoms with Crippen molar-refractivity contribution in [2.24, 2.45) is 0 Å². The van der Waals surface area contributed by atoms with Gasteiger partial charge in [0, 0.05) is 11.6 Å². The van der Waals surface area contributed by atoms with Gasteiger partial charge in [0.15, 0.2) is 0 Å². The first-order valence-corrected chi connectivity index (χ1v) is 8.65. The number of furan rings is 1. The van der Waals surface area contributed by atoms with E-state index >= 15 is 0 Å². The van der Waals surface area contributed by atoms with Crippen LogP contribution in [0.1, 0.15) is 16.9 Å². The Balaban J connectivity index is 1.53. The monoisotopic (exact) mass is 358 g/mol. The van der Waals surface area contributed by atoms with E-state index in [1.165, 1.54) is 4.90 Å². The lowest BCUT2D eigenvalue weighted by Crippen LogP contribution is -2.30. The number of hydrogen-bond acceptors (Lipinski definition) is 3. The zero-order chi connectivity index (χ0) is 18.8. The Morgan fingerprint density at radius 2 is 1.70 bits per heavy atom. The van der Waals surface area contributed by atoms with Gasteiger partial charge in [-0.2, -0.15) is 0 Å². The molecule has 4 rings (SSSR count). The SMILES string of the molecule is Cc1ccc(CN2C(=O)N/C(=C/c3ccc(-c4ccccc4)o3)C2=O)cc1. The molecule has 2 aromatic carbocycles. The summed E-state index contributed by atoms with van der Waals surface area (Å²) in [5, 5.41) is 2.62. The van der Waals surface area contributed by atoms with Gasteiger partial charge in [0.2, 0.25) is 0 Å². The third-order valence-electron chi connectivity index (χ3n) is 4.40. The highest BCUT2D eigenvalue weighted by molar-refractivity contribution is 6.13. The first-order valence-electron chi connectivity index (χ1n) is 8.65. The maximum atomic E-state index is 12.6. The third-order valence-corrected chi connectivity index (χ3v) is 4.40. The number of amides is 3. The first kappa shape index (κ1) is 16.8. The molecule has 1 fully saturated rings. The highest BCUT2D eigenvalue weighted by Gasteiger charge is 2.33. The minimum atomic E-state index is -0.429. The lowest BCUT2D eigenvalue weighted by molar-refractivity contribution is -0.123. The standard InChI is InChI=1S/C22H18N2O3/c1-15-7-9-16(10-8-15)14-24-21(25)19(23-22(24)26)13-18-11-12-20(27-18)17-5-3-2-4-6-17/h2-13H,14H2,1H3,(H,23,26)/b19-13+. The van der Waals surface area contributed by atoms with E-state index in [2.05, 4.69) is 5.32 Å². The Bertz CT molecular complexity index is 1020. The maximum absolute atomic E-state index is 12.6. The summed E-state index contributed by atoms with van der Waals surface area (Å²) in [5.74, 6) is 0.851. The van der Waals surface area contributed by atoms with Crippen LogP contribution in [0.3, 0.4) is 0 Å². The van der Waals surface area contributed by atoms with E-state index in [0.717, 1.165) is 16.7 Å². The number of nitrogens with one attached hydrogen (secondary N) is 1. The minimum Gasteiger partial charge on any atom is -0.457 e. The van der Waals surface area contributed by atoms with E-state index in [9.17, 15) is 9.59 Å². The summed E-state index contributed by atoms with van der Waals surface area (Å²) in [4.78, 5) is 26.0. The first-order chi connectivity index (χ1) is 13.1. The molecule has 5 nitrogen and oxygen atoms in total. The number of imide groups is 1. The Kier molecular flexibility index (Phi) is 4.34. The molecule has 1 aliphatic heterocycles. The molecular formula is C22H18N2O3. The molecule has 2 heterocycles. The second-order valence-electron chi connectivity index (χ2n) is 6.43. The van der Waals surface area contributed by atoms with Crippen LogP contribution in [0, 0.1) is 6.92 Å². The number of carbonyl (C=O) groups excluding carboxylic acids is 2. The summed E-state index contributed by atoms with van der Waals surface area (Å²) in [6.45, 7) is 2.22. The molecule has 134 valence electrons. The summed E-state index contributed by atoms with van der Waals surface area (Å²) in [6, 6.07) is 20.6. The molecule has 1 aromatic heterocycles. The van der Waals surface area contributed by atoms with Gasteiger partial charge in [0.1, 0.15) is 17.2 Å². The smallest absolute Gasteiger partial charge is 0.329 e. The minimum absolute atomic E-state index is 0.209. The Labute approximate surface area is 156 Å². The average Bonchev–Trinajstić information content (AvgIpc) is 3.25. The van der Waals surface area contributed by atoms with Crippen LogP contribution < -0.4 is 5.32 Å². The summed E-state index contributed by atoms with van der Waals surface area (Å²) in [6.07, 6.45) is 1.56. The van der Waals surface area contributed by atoms with E-state index in [1.54, 1.807) is 12.1 Å². The lowest BCUT2D eigenvalue weighted by atomic mass is 10.1. The van der Waals surface area contributed by atoms with Crippen molar-refractivity contribution in [3.63, 3.8) is 0 Å². The van der Waals surface area contributed by atoms with Crippen molar-refractivity contribution in [2.75, 3.05) is 0 Å². The van der Waals surface area contributed by atoms with Crippen molar-refractivity contribution >= 4 is 18.0 Å². The number of hydrogen-bond donors (Lipinski definition) is 1. The van der Waals surface area contributed by atoms with Gasteiger partial charge in [-0.1, -0.05) is 60.2 Å². The topological polar surface area (TPSA) is 62.6 Å². The van der Waals surface area contributed by atoms with Gasteiger partial charge in [0.25, 0.3) is 5.91 Å². The second kappa shape index (κ2) is 6.96. The van der Waals surface area contributed by atoms with Gasteiger partial charge in [-0.05, 0) is 24.6 Å². The fraction of sp³-hybridized carbons (Fsp3) is 0.0909. The molecule has 27 heavy (non-hydrogen) atoms. The Morgan fingerprint density at radius 1 is 0.963 bits per heavy atom. The highest BCUT2D eigenvalue weighted by Crippen LogP contribution is 2.24. The van der Waals surface area contributed by atoms with E-state index in [-0.39, 0.29) is 18.1 Å². The highest BCUT2D eigenvalue weighted by atomic mass is 16.3. The molecule has 0 unspecified atom stereocenters. The van der Waals surface area contributed by atoms with Crippen LogP contribution >= 0.6 is 0 Å². The summed E-state index contributed by atoms with van der Waals surface area (Å²) in [7, 11) is 0. The number of aryl methyl sites for hydroxylation is 1. The number of nitrogens with zero attached hydrogens (tertiary/aromatic N) is 1. The molecule has 1 N–H and O–H groups in total. The molecule has 5 heteroatoms. The zero-order valence-corrected chi connectivity index (χ0v) is 14.8. The van der Waals surface area contributed by atoms with Crippen molar-refractivity contribution < 1.29 is 14.0 Å². The normalized spacial score (nSPS) is 15.4. The second-order valence-corrected chi connectivity index (χ2v) is 6.43.